The third kappa shape index (κ3) is 8.36. The summed E-state index contributed by atoms with van der Waals surface area (Å²) in [5.41, 5.74) is 3.98. The second-order valence-corrected chi connectivity index (χ2v) is 13.5. The van der Waals surface area contributed by atoms with Gasteiger partial charge in [0.05, 0.1) is 10.6 Å². The van der Waals surface area contributed by atoms with Crippen LogP contribution in [0.2, 0.25) is 0 Å². The van der Waals surface area contributed by atoms with Crippen LogP contribution in [0.15, 0.2) is 112 Å². The number of hydrogen-bond acceptors (Lipinski definition) is 4. The van der Waals surface area contributed by atoms with Crippen LogP contribution < -0.4 is 9.62 Å². The number of benzene rings is 4. The van der Waals surface area contributed by atoms with Crippen LogP contribution in [-0.2, 0) is 32.6 Å². The average molecular weight is 677 g/mol. The van der Waals surface area contributed by atoms with Crippen LogP contribution in [0.25, 0.3) is 0 Å². The van der Waals surface area contributed by atoms with Crippen LogP contribution in [0.5, 0.6) is 0 Å². The summed E-state index contributed by atoms with van der Waals surface area (Å²) in [6, 6.07) is 29.6. The minimum absolute atomic E-state index is 0.0759. The lowest BCUT2D eigenvalue weighted by Crippen LogP contribution is -2.53. The first-order valence-corrected chi connectivity index (χ1v) is 16.8. The van der Waals surface area contributed by atoms with Crippen molar-refractivity contribution >= 4 is 43.5 Å². The van der Waals surface area contributed by atoms with Crippen molar-refractivity contribution in [3.8, 4) is 0 Å². The first kappa shape index (κ1) is 33.0. The number of amides is 2. The second-order valence-electron chi connectivity index (χ2n) is 10.7. The lowest BCUT2D eigenvalue weighted by molar-refractivity contribution is -0.140. The van der Waals surface area contributed by atoms with E-state index < -0.39 is 28.5 Å². The lowest BCUT2D eigenvalue weighted by Gasteiger charge is -2.34. The fourth-order valence-corrected chi connectivity index (χ4v) is 6.53. The Hall–Kier alpha value is -3.95. The monoisotopic (exact) mass is 675 g/mol. The number of halogens is 1. The molecule has 4 rings (SSSR count). The minimum Gasteiger partial charge on any atom is -0.354 e. The van der Waals surface area contributed by atoms with E-state index >= 15 is 0 Å². The molecule has 1 N–H and O–H groups in total. The molecule has 0 bridgehead atoms. The number of sulfonamides is 1. The molecule has 9 heteroatoms. The molecule has 0 heterocycles. The minimum atomic E-state index is -4.13. The van der Waals surface area contributed by atoms with E-state index in [2.05, 4.69) is 21.2 Å². The molecule has 0 spiro atoms. The predicted molar refractivity (Wildman–Crippen MR) is 179 cm³/mol. The highest BCUT2D eigenvalue weighted by atomic mass is 79.9. The van der Waals surface area contributed by atoms with E-state index in [9.17, 15) is 18.0 Å². The summed E-state index contributed by atoms with van der Waals surface area (Å²) in [6.45, 7) is 5.91. The van der Waals surface area contributed by atoms with Crippen molar-refractivity contribution in [2.75, 3.05) is 17.4 Å². The summed E-state index contributed by atoms with van der Waals surface area (Å²) in [4.78, 5) is 29.8. The van der Waals surface area contributed by atoms with Crippen molar-refractivity contribution in [3.05, 3.63) is 130 Å². The Morgan fingerprint density at radius 2 is 1.45 bits per heavy atom. The molecule has 2 amide bonds. The van der Waals surface area contributed by atoms with E-state index in [4.69, 9.17) is 0 Å². The Morgan fingerprint density at radius 3 is 2.07 bits per heavy atom. The van der Waals surface area contributed by atoms with Crippen molar-refractivity contribution in [1.29, 1.82) is 0 Å². The molecule has 0 saturated carbocycles. The number of carbonyl (C=O) groups excluding carboxylic acids is 2. The average Bonchev–Trinajstić information content (AvgIpc) is 3.03. The third-order valence-electron chi connectivity index (χ3n) is 7.48. The van der Waals surface area contributed by atoms with Crippen molar-refractivity contribution in [1.82, 2.24) is 10.2 Å². The predicted octanol–water partition coefficient (Wildman–Crippen LogP) is 6.43. The zero-order chi connectivity index (χ0) is 31.7. The van der Waals surface area contributed by atoms with Gasteiger partial charge < -0.3 is 10.2 Å². The van der Waals surface area contributed by atoms with Crippen LogP contribution >= 0.6 is 15.9 Å². The molecule has 0 saturated heterocycles. The second kappa shape index (κ2) is 15.2. The van der Waals surface area contributed by atoms with Crippen molar-refractivity contribution in [2.45, 2.75) is 51.1 Å². The maximum Gasteiger partial charge on any atom is 0.264 e. The number of hydrogen-bond donors (Lipinski definition) is 1. The first-order valence-electron chi connectivity index (χ1n) is 14.6. The molecule has 0 aromatic heterocycles. The summed E-state index contributed by atoms with van der Waals surface area (Å²) < 4.78 is 30.2. The zero-order valence-electron chi connectivity index (χ0n) is 25.2. The number of rotatable bonds is 13. The van der Waals surface area contributed by atoms with Crippen LogP contribution in [0.1, 0.15) is 35.6 Å². The molecule has 0 aliphatic rings. The Kier molecular flexibility index (Phi) is 11.4. The number of nitrogens with zero attached hydrogens (tertiary/aromatic N) is 2. The maximum atomic E-state index is 14.5. The number of nitrogens with one attached hydrogen (secondary N) is 1. The summed E-state index contributed by atoms with van der Waals surface area (Å²) in [5, 5.41) is 2.97. The van der Waals surface area contributed by atoms with Gasteiger partial charge in [-0.25, -0.2) is 8.42 Å². The van der Waals surface area contributed by atoms with Gasteiger partial charge in [-0.05, 0) is 78.9 Å². The van der Waals surface area contributed by atoms with Gasteiger partial charge in [0.25, 0.3) is 10.0 Å². The van der Waals surface area contributed by atoms with E-state index in [1.165, 1.54) is 17.0 Å². The SMILES string of the molecule is CCCNC(=O)[C@@H](Cc1ccccc1)N(Cc1ccc(Br)cc1)C(=O)CN(c1ccc(C)c(C)c1)S(=O)(=O)c1ccccc1. The van der Waals surface area contributed by atoms with Gasteiger partial charge in [-0.3, -0.25) is 13.9 Å². The number of anilines is 1. The Balaban J connectivity index is 1.80. The van der Waals surface area contributed by atoms with Crippen LogP contribution in [0.4, 0.5) is 5.69 Å². The molecular weight excluding hydrogens is 638 g/mol. The van der Waals surface area contributed by atoms with E-state index in [-0.39, 0.29) is 23.8 Å². The van der Waals surface area contributed by atoms with E-state index in [0.29, 0.717) is 12.2 Å². The molecule has 1 atom stereocenters. The zero-order valence-corrected chi connectivity index (χ0v) is 27.6. The highest BCUT2D eigenvalue weighted by Gasteiger charge is 2.34. The van der Waals surface area contributed by atoms with Gasteiger partial charge in [-0.1, -0.05) is 89.6 Å². The van der Waals surface area contributed by atoms with Crippen molar-refractivity contribution < 1.29 is 18.0 Å². The molecule has 230 valence electrons. The summed E-state index contributed by atoms with van der Waals surface area (Å²) in [5.74, 6) is -0.775. The molecular formula is C35H38BrN3O4S. The highest BCUT2D eigenvalue weighted by Crippen LogP contribution is 2.27. The van der Waals surface area contributed by atoms with Gasteiger partial charge in [0.1, 0.15) is 12.6 Å². The maximum absolute atomic E-state index is 14.5. The molecule has 4 aromatic rings. The quantitative estimate of drug-likeness (QED) is 0.177. The Morgan fingerprint density at radius 1 is 0.818 bits per heavy atom. The fourth-order valence-electron chi connectivity index (χ4n) is 4.84. The number of carbonyl (C=O) groups is 2. The van der Waals surface area contributed by atoms with Gasteiger partial charge in [0.15, 0.2) is 0 Å². The molecule has 0 aliphatic heterocycles. The highest BCUT2D eigenvalue weighted by molar-refractivity contribution is 9.10. The lowest BCUT2D eigenvalue weighted by atomic mass is 10.0. The molecule has 0 unspecified atom stereocenters. The Bertz CT molecular complexity index is 1660. The van der Waals surface area contributed by atoms with Gasteiger partial charge in [0, 0.05) is 24.0 Å². The molecule has 0 radical (unpaired) electrons. The van der Waals surface area contributed by atoms with E-state index in [1.54, 1.807) is 30.3 Å². The molecule has 4 aromatic carbocycles. The molecule has 7 nitrogen and oxygen atoms in total. The van der Waals surface area contributed by atoms with Crippen LogP contribution in [0, 0.1) is 13.8 Å². The fraction of sp³-hybridized carbons (Fsp3) is 0.257. The largest absolute Gasteiger partial charge is 0.354 e. The summed E-state index contributed by atoms with van der Waals surface area (Å²) >= 11 is 3.46. The molecule has 0 aliphatic carbocycles. The van der Waals surface area contributed by atoms with Crippen LogP contribution in [-0.4, -0.2) is 44.3 Å². The first-order chi connectivity index (χ1) is 21.1. The van der Waals surface area contributed by atoms with Crippen LogP contribution in [0.3, 0.4) is 0 Å². The summed E-state index contributed by atoms with van der Waals surface area (Å²) in [6.07, 6.45) is 1.01. The van der Waals surface area contributed by atoms with Gasteiger partial charge >= 0.3 is 0 Å². The smallest absolute Gasteiger partial charge is 0.264 e. The number of aryl methyl sites for hydroxylation is 2. The standard InChI is InChI=1S/C35H38BrN3O4S/c1-4-21-37-35(41)33(23-28-11-7-5-8-12-28)38(24-29-16-18-30(36)19-17-29)34(40)25-39(31-20-15-26(2)27(3)22-31)44(42,43)32-13-9-6-10-14-32/h5-20,22,33H,4,21,23-25H2,1-3H3,(H,37,41)/t33-/m1/s1. The molecule has 0 fully saturated rings. The third-order valence-corrected chi connectivity index (χ3v) is 9.79. The van der Waals surface area contributed by atoms with E-state index in [0.717, 1.165) is 37.5 Å². The van der Waals surface area contributed by atoms with Crippen molar-refractivity contribution in [2.24, 2.45) is 0 Å². The normalized spacial score (nSPS) is 11.9. The Labute approximate surface area is 269 Å². The van der Waals surface area contributed by atoms with Gasteiger partial charge in [0.2, 0.25) is 11.8 Å². The molecule has 44 heavy (non-hydrogen) atoms. The van der Waals surface area contributed by atoms with Crippen molar-refractivity contribution in [3.63, 3.8) is 0 Å². The van der Waals surface area contributed by atoms with Gasteiger partial charge in [-0.2, -0.15) is 0 Å². The van der Waals surface area contributed by atoms with Gasteiger partial charge in [-0.15, -0.1) is 0 Å². The topological polar surface area (TPSA) is 86.8 Å². The summed E-state index contributed by atoms with van der Waals surface area (Å²) in [7, 11) is -4.13. The van der Waals surface area contributed by atoms with E-state index in [1.807, 2.05) is 81.4 Å².